The van der Waals surface area contributed by atoms with Crippen LogP contribution in [0.1, 0.15) is 0 Å². The molecule has 138 valence electrons. The second-order valence-corrected chi connectivity index (χ2v) is 7.57. The predicted octanol–water partition coefficient (Wildman–Crippen LogP) is 4.69. The predicted molar refractivity (Wildman–Crippen MR) is 113 cm³/mol. The van der Waals surface area contributed by atoms with E-state index >= 15 is 0 Å². The van der Waals surface area contributed by atoms with Gasteiger partial charge in [-0.15, -0.1) is 11.3 Å². The number of pyridine rings is 2. The third-order valence-electron chi connectivity index (χ3n) is 4.89. The van der Waals surface area contributed by atoms with Gasteiger partial charge >= 0.3 is 0 Å². The smallest absolute Gasteiger partial charge is 0.116 e. The lowest BCUT2D eigenvalue weighted by Gasteiger charge is -2.00. The Labute approximate surface area is 168 Å². The van der Waals surface area contributed by atoms with Gasteiger partial charge in [-0.1, -0.05) is 6.07 Å². The van der Waals surface area contributed by atoms with Crippen molar-refractivity contribution in [3.63, 3.8) is 0 Å². The van der Waals surface area contributed by atoms with Crippen LogP contribution >= 0.6 is 11.3 Å². The maximum atomic E-state index is 4.54. The summed E-state index contributed by atoms with van der Waals surface area (Å²) in [5, 5.41) is 11.8. The van der Waals surface area contributed by atoms with Gasteiger partial charge in [0.05, 0.1) is 34.8 Å². The third kappa shape index (κ3) is 2.61. The van der Waals surface area contributed by atoms with Gasteiger partial charge in [-0.3, -0.25) is 15.1 Å². The normalized spacial score (nSPS) is 11.4. The summed E-state index contributed by atoms with van der Waals surface area (Å²) in [6, 6.07) is 8.30. The van der Waals surface area contributed by atoms with Gasteiger partial charge in [-0.25, -0.2) is 9.97 Å². The Morgan fingerprint density at radius 2 is 1.79 bits per heavy atom. The first kappa shape index (κ1) is 16.1. The molecule has 0 saturated carbocycles. The molecule has 6 heterocycles. The van der Waals surface area contributed by atoms with Crippen molar-refractivity contribution in [1.29, 1.82) is 0 Å². The van der Waals surface area contributed by atoms with E-state index in [0.717, 1.165) is 50.0 Å². The van der Waals surface area contributed by atoms with Gasteiger partial charge in [0.2, 0.25) is 0 Å². The van der Waals surface area contributed by atoms with Crippen LogP contribution in [0.3, 0.4) is 0 Å². The van der Waals surface area contributed by atoms with E-state index in [0.29, 0.717) is 0 Å². The molecule has 0 radical (unpaired) electrons. The Balaban J connectivity index is 1.53. The molecule has 6 aromatic rings. The molecule has 0 bridgehead atoms. The van der Waals surface area contributed by atoms with E-state index in [2.05, 4.69) is 58.7 Å². The minimum absolute atomic E-state index is 0.804. The summed E-state index contributed by atoms with van der Waals surface area (Å²) in [4.78, 5) is 21.7. The molecule has 0 unspecified atom stereocenters. The maximum Gasteiger partial charge on any atom is 0.116 e. The van der Waals surface area contributed by atoms with E-state index in [9.17, 15) is 0 Å². The Hall–Kier alpha value is -3.91. The standard InChI is InChI=1S/C21H13N7S/c1-2-20(29-3-1)15-8-22-9-18-13(15)4-17(26-18)21-14-5-16(12-6-23-11-24-7-12)25-10-19(14)27-28-21/h1-11,26H,(H,27,28). The lowest BCUT2D eigenvalue weighted by atomic mass is 10.1. The highest BCUT2D eigenvalue weighted by Crippen LogP contribution is 2.35. The third-order valence-corrected chi connectivity index (χ3v) is 5.79. The van der Waals surface area contributed by atoms with Crippen molar-refractivity contribution < 1.29 is 0 Å². The second kappa shape index (κ2) is 6.32. The van der Waals surface area contributed by atoms with Crippen LogP contribution in [0.25, 0.3) is 54.9 Å². The minimum atomic E-state index is 0.804. The molecule has 0 saturated heterocycles. The van der Waals surface area contributed by atoms with Gasteiger partial charge in [-0.05, 0) is 23.6 Å². The zero-order valence-corrected chi connectivity index (χ0v) is 15.8. The summed E-state index contributed by atoms with van der Waals surface area (Å²) >= 11 is 1.70. The van der Waals surface area contributed by atoms with Crippen molar-refractivity contribution in [3.8, 4) is 33.1 Å². The first-order valence-electron chi connectivity index (χ1n) is 8.97. The largest absolute Gasteiger partial charge is 0.352 e. The van der Waals surface area contributed by atoms with Gasteiger partial charge in [0.1, 0.15) is 12.0 Å². The van der Waals surface area contributed by atoms with Crippen molar-refractivity contribution >= 4 is 33.1 Å². The molecular weight excluding hydrogens is 382 g/mol. The number of H-pyrrole nitrogens is 2. The van der Waals surface area contributed by atoms with E-state index in [1.807, 2.05) is 18.5 Å². The number of fused-ring (bicyclic) bond motifs is 2. The van der Waals surface area contributed by atoms with Crippen LogP contribution in [0, 0.1) is 0 Å². The fourth-order valence-electron chi connectivity index (χ4n) is 3.52. The monoisotopic (exact) mass is 395 g/mol. The Kier molecular flexibility index (Phi) is 3.50. The molecule has 29 heavy (non-hydrogen) atoms. The van der Waals surface area contributed by atoms with Crippen molar-refractivity contribution in [2.75, 3.05) is 0 Å². The van der Waals surface area contributed by atoms with Crippen LogP contribution < -0.4 is 0 Å². The molecule has 0 aliphatic rings. The maximum absolute atomic E-state index is 4.54. The zero-order valence-electron chi connectivity index (χ0n) is 15.0. The van der Waals surface area contributed by atoms with Gasteiger partial charge < -0.3 is 4.98 Å². The van der Waals surface area contributed by atoms with Crippen molar-refractivity contribution in [1.82, 2.24) is 35.1 Å². The Morgan fingerprint density at radius 3 is 2.66 bits per heavy atom. The molecule has 8 heteroatoms. The molecule has 0 atom stereocenters. The molecule has 0 fully saturated rings. The van der Waals surface area contributed by atoms with E-state index < -0.39 is 0 Å². The van der Waals surface area contributed by atoms with Crippen LogP contribution in [-0.4, -0.2) is 35.1 Å². The van der Waals surface area contributed by atoms with Crippen LogP contribution in [-0.2, 0) is 0 Å². The van der Waals surface area contributed by atoms with Crippen LogP contribution in [0.5, 0.6) is 0 Å². The van der Waals surface area contributed by atoms with E-state index in [1.54, 1.807) is 29.9 Å². The summed E-state index contributed by atoms with van der Waals surface area (Å²) in [5.41, 5.74) is 6.40. The SMILES string of the molecule is c1csc(-c2cncc3[nH]c(-c4n[nH]c5cnc(-c6cncnc6)cc45)cc23)c1. The van der Waals surface area contributed by atoms with E-state index in [4.69, 9.17) is 0 Å². The van der Waals surface area contributed by atoms with Crippen molar-refractivity contribution in [3.05, 3.63) is 67.0 Å². The fraction of sp³-hybridized carbons (Fsp3) is 0. The minimum Gasteiger partial charge on any atom is -0.352 e. The lowest BCUT2D eigenvalue weighted by molar-refractivity contribution is 1.11. The molecule has 0 aliphatic heterocycles. The fourth-order valence-corrected chi connectivity index (χ4v) is 4.27. The summed E-state index contributed by atoms with van der Waals surface area (Å²) in [7, 11) is 0. The Bertz CT molecular complexity index is 1450. The average molecular weight is 395 g/mol. The highest BCUT2D eigenvalue weighted by molar-refractivity contribution is 7.13. The van der Waals surface area contributed by atoms with Gasteiger partial charge in [0, 0.05) is 45.4 Å². The van der Waals surface area contributed by atoms with Crippen LogP contribution in [0.2, 0.25) is 0 Å². The molecule has 0 amide bonds. The topological polar surface area (TPSA) is 96.0 Å². The average Bonchev–Trinajstić information content (AvgIpc) is 3.52. The summed E-state index contributed by atoms with van der Waals surface area (Å²) < 4.78 is 0. The molecule has 7 nitrogen and oxygen atoms in total. The molecule has 6 rings (SSSR count). The van der Waals surface area contributed by atoms with Crippen molar-refractivity contribution in [2.24, 2.45) is 0 Å². The number of hydrogen-bond donors (Lipinski definition) is 2. The highest BCUT2D eigenvalue weighted by atomic mass is 32.1. The van der Waals surface area contributed by atoms with Crippen LogP contribution in [0.4, 0.5) is 0 Å². The van der Waals surface area contributed by atoms with Gasteiger partial charge in [-0.2, -0.15) is 5.10 Å². The summed E-state index contributed by atoms with van der Waals surface area (Å²) in [6.07, 6.45) is 10.6. The summed E-state index contributed by atoms with van der Waals surface area (Å²) in [5.74, 6) is 0. The van der Waals surface area contributed by atoms with Gasteiger partial charge in [0.15, 0.2) is 0 Å². The molecule has 0 spiro atoms. The number of aromatic nitrogens is 7. The number of nitrogens with one attached hydrogen (secondary N) is 2. The molecule has 0 aliphatic carbocycles. The number of hydrogen-bond acceptors (Lipinski definition) is 6. The lowest BCUT2D eigenvalue weighted by Crippen LogP contribution is -1.86. The molecular formula is C21H13N7S. The Morgan fingerprint density at radius 1 is 0.862 bits per heavy atom. The van der Waals surface area contributed by atoms with Gasteiger partial charge in [0.25, 0.3) is 0 Å². The summed E-state index contributed by atoms with van der Waals surface area (Å²) in [6.45, 7) is 0. The highest BCUT2D eigenvalue weighted by Gasteiger charge is 2.15. The number of nitrogens with zero attached hydrogens (tertiary/aromatic N) is 5. The first-order chi connectivity index (χ1) is 14.4. The number of thiophene rings is 1. The van der Waals surface area contributed by atoms with Crippen LogP contribution in [0.15, 0.2) is 67.0 Å². The first-order valence-corrected chi connectivity index (χ1v) is 9.85. The zero-order chi connectivity index (χ0) is 19.2. The van der Waals surface area contributed by atoms with E-state index in [1.165, 1.54) is 11.2 Å². The van der Waals surface area contributed by atoms with E-state index in [-0.39, 0.29) is 0 Å². The number of rotatable bonds is 3. The second-order valence-electron chi connectivity index (χ2n) is 6.62. The van der Waals surface area contributed by atoms with Crippen molar-refractivity contribution in [2.45, 2.75) is 0 Å². The molecule has 2 N–H and O–H groups in total. The molecule has 0 aromatic carbocycles. The number of aromatic amines is 2. The molecule has 6 aromatic heterocycles. The quantitative estimate of drug-likeness (QED) is 0.453.